The average molecular weight is 477 g/mol. The molecule has 1 unspecified atom stereocenters. The van der Waals surface area contributed by atoms with Crippen molar-refractivity contribution in [2.24, 2.45) is 4.99 Å². The van der Waals surface area contributed by atoms with Gasteiger partial charge in [-0.2, -0.15) is 5.10 Å². The van der Waals surface area contributed by atoms with Gasteiger partial charge in [0.25, 0.3) is 0 Å². The van der Waals surface area contributed by atoms with Crippen LogP contribution < -0.4 is 5.32 Å². The Morgan fingerprint density at radius 2 is 2.15 bits per heavy atom. The third-order valence-corrected chi connectivity index (χ3v) is 4.93. The maximum atomic E-state index is 6.09. The molecule has 2 fully saturated rings. The second-order valence-electron chi connectivity index (χ2n) is 6.75. The van der Waals surface area contributed by atoms with Crippen LogP contribution in [0.2, 0.25) is 0 Å². The van der Waals surface area contributed by atoms with Crippen LogP contribution in [-0.4, -0.2) is 72.7 Å². The molecule has 0 saturated carbocycles. The highest BCUT2D eigenvalue weighted by Crippen LogP contribution is 2.17. The zero-order valence-electron chi connectivity index (χ0n) is 15.7. The van der Waals surface area contributed by atoms with Gasteiger partial charge in [-0.1, -0.05) is 0 Å². The number of ether oxygens (including phenoxy) is 2. The minimum Gasteiger partial charge on any atom is -0.376 e. The highest BCUT2D eigenvalue weighted by molar-refractivity contribution is 14.0. The molecular weight excluding hydrogens is 445 g/mol. The number of aromatic nitrogens is 2. The Kier molecular flexibility index (Phi) is 9.69. The maximum absolute atomic E-state index is 6.09. The van der Waals surface area contributed by atoms with Gasteiger partial charge in [0.05, 0.1) is 25.4 Å². The van der Waals surface area contributed by atoms with Gasteiger partial charge in [-0.15, -0.1) is 24.0 Å². The van der Waals surface area contributed by atoms with Gasteiger partial charge in [-0.05, 0) is 38.2 Å². The van der Waals surface area contributed by atoms with E-state index >= 15 is 0 Å². The summed E-state index contributed by atoms with van der Waals surface area (Å²) >= 11 is 0. The molecule has 1 aromatic heterocycles. The molecule has 0 spiro atoms. The van der Waals surface area contributed by atoms with Crippen molar-refractivity contribution in [3.63, 3.8) is 0 Å². The number of nitrogens with zero attached hydrogens (tertiary/aromatic N) is 4. The summed E-state index contributed by atoms with van der Waals surface area (Å²) in [5, 5.41) is 7.65. The predicted octanol–water partition coefficient (Wildman–Crippen LogP) is 2.13. The zero-order valence-corrected chi connectivity index (χ0v) is 18.0. The summed E-state index contributed by atoms with van der Waals surface area (Å²) in [6.45, 7) is 5.28. The third-order valence-electron chi connectivity index (χ3n) is 4.93. The molecule has 2 aliphatic rings. The smallest absolute Gasteiger partial charge is 0.193 e. The molecule has 0 radical (unpaired) electrons. The summed E-state index contributed by atoms with van der Waals surface area (Å²) in [6.07, 6.45) is 10.1. The van der Waals surface area contributed by atoms with Gasteiger partial charge in [-0.25, -0.2) is 0 Å². The topological polar surface area (TPSA) is 63.9 Å². The fourth-order valence-corrected chi connectivity index (χ4v) is 3.46. The van der Waals surface area contributed by atoms with Gasteiger partial charge >= 0.3 is 0 Å². The molecule has 1 aromatic rings. The van der Waals surface area contributed by atoms with Gasteiger partial charge in [0.2, 0.25) is 0 Å². The molecule has 0 amide bonds. The predicted molar refractivity (Wildman–Crippen MR) is 113 cm³/mol. The molecule has 1 N–H and O–H groups in total. The van der Waals surface area contributed by atoms with Gasteiger partial charge in [0.1, 0.15) is 0 Å². The summed E-state index contributed by atoms with van der Waals surface area (Å²) in [5.41, 5.74) is 0. The minimum absolute atomic E-state index is 0. The van der Waals surface area contributed by atoms with Gasteiger partial charge in [-0.3, -0.25) is 9.67 Å². The lowest BCUT2D eigenvalue weighted by atomic mass is 10.1. The van der Waals surface area contributed by atoms with Crippen molar-refractivity contribution in [1.82, 2.24) is 20.0 Å². The molecule has 0 aliphatic carbocycles. The Morgan fingerprint density at radius 1 is 1.31 bits per heavy atom. The van der Waals surface area contributed by atoms with Crippen LogP contribution in [0, 0.1) is 0 Å². The SMILES string of the molecule is CN=C(NCCn1cccn1)N1CCC(OCC2CCCCO2)CC1.I. The van der Waals surface area contributed by atoms with Crippen molar-refractivity contribution in [2.75, 3.05) is 39.9 Å². The lowest BCUT2D eigenvalue weighted by Crippen LogP contribution is -2.47. The standard InChI is InChI=1S/C18H31N5O2.HI/c1-19-18(20-9-13-23-10-4-8-21-23)22-11-6-16(7-12-22)25-15-17-5-2-3-14-24-17;/h4,8,10,16-17H,2-3,5-7,9,11-15H2,1H3,(H,19,20);1H. The highest BCUT2D eigenvalue weighted by Gasteiger charge is 2.23. The Labute approximate surface area is 173 Å². The molecule has 1 atom stereocenters. The van der Waals surface area contributed by atoms with Crippen LogP contribution in [0.25, 0.3) is 0 Å². The molecule has 8 heteroatoms. The third kappa shape index (κ3) is 6.70. The molecule has 3 heterocycles. The van der Waals surface area contributed by atoms with Crippen LogP contribution >= 0.6 is 24.0 Å². The van der Waals surface area contributed by atoms with E-state index in [9.17, 15) is 0 Å². The lowest BCUT2D eigenvalue weighted by molar-refractivity contribution is -0.0721. The molecule has 2 aliphatic heterocycles. The number of nitrogens with one attached hydrogen (secondary N) is 1. The largest absolute Gasteiger partial charge is 0.376 e. The van der Waals surface area contributed by atoms with Crippen molar-refractivity contribution < 1.29 is 9.47 Å². The van der Waals surface area contributed by atoms with Gasteiger partial charge in [0.15, 0.2) is 5.96 Å². The Bertz CT molecular complexity index is 512. The summed E-state index contributed by atoms with van der Waals surface area (Å²) in [5.74, 6) is 0.973. The molecule has 26 heavy (non-hydrogen) atoms. The number of guanidine groups is 1. The second-order valence-corrected chi connectivity index (χ2v) is 6.75. The number of rotatable bonds is 6. The number of likely N-dealkylation sites (tertiary alicyclic amines) is 1. The monoisotopic (exact) mass is 477 g/mol. The van der Waals surface area contributed by atoms with E-state index in [1.807, 2.05) is 24.0 Å². The van der Waals surface area contributed by atoms with Crippen LogP contribution in [0.5, 0.6) is 0 Å². The number of hydrogen-bond donors (Lipinski definition) is 1. The maximum Gasteiger partial charge on any atom is 0.193 e. The van der Waals surface area contributed by atoms with Crippen molar-refractivity contribution in [1.29, 1.82) is 0 Å². The average Bonchev–Trinajstić information content (AvgIpc) is 3.18. The van der Waals surface area contributed by atoms with E-state index in [2.05, 4.69) is 20.3 Å². The first-order valence-corrected chi connectivity index (χ1v) is 9.51. The molecule has 2 saturated heterocycles. The Balaban J connectivity index is 0.00000243. The molecule has 7 nitrogen and oxygen atoms in total. The summed E-state index contributed by atoms with van der Waals surface area (Å²) in [7, 11) is 1.85. The number of halogens is 1. The number of hydrogen-bond acceptors (Lipinski definition) is 4. The van der Waals surface area contributed by atoms with Gasteiger partial charge in [0, 0.05) is 45.7 Å². The molecule has 148 valence electrons. The van der Waals surface area contributed by atoms with Crippen LogP contribution in [0.4, 0.5) is 0 Å². The summed E-state index contributed by atoms with van der Waals surface area (Å²) in [6, 6.07) is 1.94. The second kappa shape index (κ2) is 11.8. The summed E-state index contributed by atoms with van der Waals surface area (Å²) < 4.78 is 13.8. The lowest BCUT2D eigenvalue weighted by Gasteiger charge is -2.35. The summed E-state index contributed by atoms with van der Waals surface area (Å²) in [4.78, 5) is 6.74. The minimum atomic E-state index is 0. The fourth-order valence-electron chi connectivity index (χ4n) is 3.46. The number of aliphatic imine (C=N–C) groups is 1. The van der Waals surface area contributed by atoms with E-state index in [1.165, 1.54) is 12.8 Å². The first-order valence-electron chi connectivity index (χ1n) is 9.51. The normalized spacial score (nSPS) is 22.1. The molecular formula is C18H32IN5O2. The Morgan fingerprint density at radius 3 is 2.81 bits per heavy atom. The van der Waals surface area contributed by atoms with Crippen LogP contribution in [0.3, 0.4) is 0 Å². The van der Waals surface area contributed by atoms with Crippen LogP contribution in [-0.2, 0) is 16.0 Å². The molecule has 0 aromatic carbocycles. The fraction of sp³-hybridized carbons (Fsp3) is 0.778. The van der Waals surface area contributed by atoms with E-state index in [-0.39, 0.29) is 24.0 Å². The first kappa shape index (κ1) is 21.4. The van der Waals surface area contributed by atoms with Crippen LogP contribution in [0.1, 0.15) is 32.1 Å². The zero-order chi connectivity index (χ0) is 17.3. The van der Waals surface area contributed by atoms with E-state index < -0.39 is 0 Å². The van der Waals surface area contributed by atoms with Crippen LogP contribution in [0.15, 0.2) is 23.5 Å². The molecule has 0 bridgehead atoms. The molecule has 3 rings (SSSR count). The quantitative estimate of drug-likeness (QED) is 0.387. The van der Waals surface area contributed by atoms with E-state index in [1.54, 1.807) is 6.20 Å². The highest BCUT2D eigenvalue weighted by atomic mass is 127. The first-order chi connectivity index (χ1) is 12.3. The van der Waals surface area contributed by atoms with Crippen molar-refractivity contribution >= 4 is 29.9 Å². The number of piperidine rings is 1. The van der Waals surface area contributed by atoms with Gasteiger partial charge < -0.3 is 19.7 Å². The van der Waals surface area contributed by atoms with E-state index in [0.29, 0.717) is 12.2 Å². The van der Waals surface area contributed by atoms with E-state index in [0.717, 1.165) is 64.6 Å². The van der Waals surface area contributed by atoms with Crippen molar-refractivity contribution in [3.8, 4) is 0 Å². The van der Waals surface area contributed by atoms with Crippen molar-refractivity contribution in [2.45, 2.75) is 50.9 Å². The van der Waals surface area contributed by atoms with E-state index in [4.69, 9.17) is 9.47 Å². The Hall–Kier alpha value is -0.870. The van der Waals surface area contributed by atoms with Crippen molar-refractivity contribution in [3.05, 3.63) is 18.5 Å².